The van der Waals surface area contributed by atoms with Crippen molar-refractivity contribution in [2.45, 2.75) is 88.6 Å². The molecule has 0 N–H and O–H groups in total. The average molecular weight is 451 g/mol. The Bertz CT molecular complexity index is 732. The van der Waals surface area contributed by atoms with Crippen molar-refractivity contribution in [2.24, 2.45) is 5.92 Å². The molecular formula is C21H32F3NO6. The van der Waals surface area contributed by atoms with Gasteiger partial charge in [0.15, 0.2) is 0 Å². The van der Waals surface area contributed by atoms with Crippen LogP contribution >= 0.6 is 0 Å². The maximum atomic E-state index is 13.1. The molecular weight excluding hydrogens is 419 g/mol. The Balaban J connectivity index is 2.01. The van der Waals surface area contributed by atoms with Crippen LogP contribution in [0.1, 0.15) is 47.5 Å². The molecule has 1 spiro atoms. The van der Waals surface area contributed by atoms with Crippen LogP contribution in [0.15, 0.2) is 12.2 Å². The lowest BCUT2D eigenvalue weighted by molar-refractivity contribution is -0.456. The Hall–Kier alpha value is -1.36. The SMILES string of the molecule is CO[C@@]1(C)O[C@@H]2[C@@H](/C=C/C(F)(F)F)C3(CC3)N(C(=O)OC(C)(C)C)C[C@H]2O[C@]1(C)OC. The molecule has 5 atom stereocenters. The summed E-state index contributed by atoms with van der Waals surface area (Å²) >= 11 is 0. The fraction of sp³-hybridized carbons (Fsp3) is 0.857. The lowest BCUT2D eigenvalue weighted by Gasteiger charge is -2.58. The van der Waals surface area contributed by atoms with Crippen molar-refractivity contribution >= 4 is 6.09 Å². The van der Waals surface area contributed by atoms with Gasteiger partial charge in [0, 0.05) is 26.2 Å². The molecule has 7 nitrogen and oxygen atoms in total. The molecule has 1 amide bonds. The molecule has 0 unspecified atom stereocenters. The van der Waals surface area contributed by atoms with Gasteiger partial charge in [-0.2, -0.15) is 13.2 Å². The zero-order valence-corrected chi connectivity index (χ0v) is 19.0. The number of rotatable bonds is 3. The van der Waals surface area contributed by atoms with Crippen molar-refractivity contribution in [1.29, 1.82) is 0 Å². The zero-order valence-electron chi connectivity index (χ0n) is 19.0. The van der Waals surface area contributed by atoms with Gasteiger partial charge in [-0.3, -0.25) is 4.90 Å². The van der Waals surface area contributed by atoms with Crippen LogP contribution in [-0.2, 0) is 23.7 Å². The molecule has 3 fully saturated rings. The first-order chi connectivity index (χ1) is 14.1. The first-order valence-corrected chi connectivity index (χ1v) is 10.3. The van der Waals surface area contributed by atoms with E-state index in [1.54, 1.807) is 34.6 Å². The first kappa shape index (κ1) is 24.3. The van der Waals surface area contributed by atoms with Crippen molar-refractivity contribution in [2.75, 3.05) is 20.8 Å². The number of carbonyl (C=O) groups is 1. The smallest absolute Gasteiger partial charge is 0.410 e. The third-order valence-electron chi connectivity index (χ3n) is 6.45. The van der Waals surface area contributed by atoms with E-state index in [1.807, 2.05) is 0 Å². The van der Waals surface area contributed by atoms with Crippen molar-refractivity contribution in [3.63, 3.8) is 0 Å². The number of piperidine rings is 1. The minimum Gasteiger partial charge on any atom is -0.444 e. The maximum Gasteiger partial charge on any atom is 0.410 e. The Morgan fingerprint density at radius 1 is 1.06 bits per heavy atom. The number of ether oxygens (including phenoxy) is 5. The van der Waals surface area contributed by atoms with Gasteiger partial charge in [-0.25, -0.2) is 4.79 Å². The van der Waals surface area contributed by atoms with Crippen LogP contribution in [0.2, 0.25) is 0 Å². The summed E-state index contributed by atoms with van der Waals surface area (Å²) in [5.41, 5.74) is -1.58. The van der Waals surface area contributed by atoms with Crippen LogP contribution in [0.3, 0.4) is 0 Å². The summed E-state index contributed by atoms with van der Waals surface area (Å²) in [6.45, 7) is 8.58. The molecule has 178 valence electrons. The van der Waals surface area contributed by atoms with Crippen molar-refractivity contribution in [3.05, 3.63) is 12.2 Å². The maximum absolute atomic E-state index is 13.1. The normalized spacial score (nSPS) is 37.7. The second-order valence-electron chi connectivity index (χ2n) is 9.66. The number of hydrogen-bond donors (Lipinski definition) is 0. The van der Waals surface area contributed by atoms with E-state index < -0.39 is 53.1 Å². The Kier molecular flexibility index (Phi) is 5.96. The van der Waals surface area contributed by atoms with E-state index in [4.69, 9.17) is 23.7 Å². The van der Waals surface area contributed by atoms with Crippen LogP contribution in [0, 0.1) is 5.92 Å². The minimum absolute atomic E-state index is 0.106. The summed E-state index contributed by atoms with van der Waals surface area (Å²) in [6.07, 6.45) is -4.24. The standard InChI is InChI=1S/C21H32F3NO6/c1-17(2,3)31-16(26)25-12-14-15(30-19(5,28-7)18(4,27-6)29-14)13(20(25)10-11-20)8-9-21(22,23)24/h8-9,13-15H,10-12H2,1-7H3/b9-8+/t13-,14-,15-,18+,19+/m1/s1. The number of fused-ring (bicyclic) bond motifs is 1. The van der Waals surface area contributed by atoms with E-state index in [0.29, 0.717) is 12.8 Å². The predicted molar refractivity (Wildman–Crippen MR) is 104 cm³/mol. The van der Waals surface area contributed by atoms with E-state index >= 15 is 0 Å². The molecule has 10 heteroatoms. The summed E-state index contributed by atoms with van der Waals surface area (Å²) in [4.78, 5) is 14.5. The average Bonchev–Trinajstić information content (AvgIpc) is 3.41. The third kappa shape index (κ3) is 4.44. The molecule has 1 saturated carbocycles. The van der Waals surface area contributed by atoms with E-state index in [-0.39, 0.29) is 12.6 Å². The van der Waals surface area contributed by atoms with E-state index in [0.717, 1.165) is 6.08 Å². The molecule has 3 rings (SSSR count). The highest BCUT2D eigenvalue weighted by Crippen LogP contribution is 2.57. The number of allylic oxidation sites excluding steroid dienone is 1. The van der Waals surface area contributed by atoms with Gasteiger partial charge in [0.1, 0.15) is 11.7 Å². The topological polar surface area (TPSA) is 66.5 Å². The molecule has 3 aliphatic rings. The fourth-order valence-corrected chi connectivity index (χ4v) is 4.47. The molecule has 0 aromatic carbocycles. The van der Waals surface area contributed by atoms with Gasteiger partial charge < -0.3 is 23.7 Å². The van der Waals surface area contributed by atoms with E-state index in [2.05, 4.69) is 0 Å². The van der Waals surface area contributed by atoms with E-state index in [1.165, 1.54) is 19.1 Å². The Morgan fingerprint density at radius 3 is 2.06 bits per heavy atom. The van der Waals surface area contributed by atoms with Crippen LogP contribution in [0.4, 0.5) is 18.0 Å². The van der Waals surface area contributed by atoms with Crippen molar-refractivity contribution in [1.82, 2.24) is 4.90 Å². The van der Waals surface area contributed by atoms with Crippen LogP contribution in [0.5, 0.6) is 0 Å². The highest BCUT2D eigenvalue weighted by molar-refractivity contribution is 5.70. The third-order valence-corrected chi connectivity index (χ3v) is 6.45. The monoisotopic (exact) mass is 451 g/mol. The number of carbonyl (C=O) groups excluding carboxylic acids is 1. The first-order valence-electron chi connectivity index (χ1n) is 10.3. The lowest BCUT2D eigenvalue weighted by Crippen LogP contribution is -2.72. The van der Waals surface area contributed by atoms with Crippen LogP contribution < -0.4 is 0 Å². The zero-order chi connectivity index (χ0) is 23.5. The van der Waals surface area contributed by atoms with Gasteiger partial charge in [0.25, 0.3) is 0 Å². The quantitative estimate of drug-likeness (QED) is 0.604. The molecule has 0 bridgehead atoms. The Morgan fingerprint density at radius 2 is 1.61 bits per heavy atom. The van der Waals surface area contributed by atoms with Crippen molar-refractivity contribution < 1.29 is 41.7 Å². The lowest BCUT2D eigenvalue weighted by atomic mass is 9.80. The summed E-state index contributed by atoms with van der Waals surface area (Å²) in [6, 6.07) is 0. The number of amides is 1. The molecule has 2 heterocycles. The summed E-state index contributed by atoms with van der Waals surface area (Å²) in [7, 11) is 2.85. The van der Waals surface area contributed by atoms with Crippen LogP contribution in [0.25, 0.3) is 0 Å². The van der Waals surface area contributed by atoms with Gasteiger partial charge >= 0.3 is 12.3 Å². The summed E-state index contributed by atoms with van der Waals surface area (Å²) in [5.74, 6) is -3.47. The van der Waals surface area contributed by atoms with Gasteiger partial charge in [0.05, 0.1) is 18.2 Å². The van der Waals surface area contributed by atoms with Gasteiger partial charge in [-0.15, -0.1) is 0 Å². The molecule has 2 aliphatic heterocycles. The van der Waals surface area contributed by atoms with Crippen LogP contribution in [-0.4, -0.2) is 72.9 Å². The minimum atomic E-state index is -4.50. The largest absolute Gasteiger partial charge is 0.444 e. The molecule has 0 radical (unpaired) electrons. The van der Waals surface area contributed by atoms with Gasteiger partial charge in [-0.1, -0.05) is 6.08 Å². The van der Waals surface area contributed by atoms with Crippen molar-refractivity contribution in [3.8, 4) is 0 Å². The predicted octanol–water partition coefficient (Wildman–Crippen LogP) is 4.01. The number of hydrogen-bond acceptors (Lipinski definition) is 6. The number of alkyl halides is 3. The second-order valence-corrected chi connectivity index (χ2v) is 9.66. The van der Waals surface area contributed by atoms with E-state index in [9.17, 15) is 18.0 Å². The fourth-order valence-electron chi connectivity index (χ4n) is 4.47. The summed E-state index contributed by atoms with van der Waals surface area (Å²) in [5, 5.41) is 0. The highest BCUT2D eigenvalue weighted by Gasteiger charge is 2.68. The molecule has 0 aromatic heterocycles. The second kappa shape index (κ2) is 7.60. The highest BCUT2D eigenvalue weighted by atomic mass is 19.4. The molecule has 2 saturated heterocycles. The number of nitrogens with zero attached hydrogens (tertiary/aromatic N) is 1. The Labute approximate surface area is 180 Å². The van der Waals surface area contributed by atoms with Gasteiger partial charge in [-0.05, 0) is 47.5 Å². The number of methoxy groups -OCH3 is 2. The number of halogens is 3. The molecule has 0 aromatic rings. The summed E-state index contributed by atoms with van der Waals surface area (Å²) < 4.78 is 68.3. The number of likely N-dealkylation sites (tertiary alicyclic amines) is 1. The molecule has 31 heavy (non-hydrogen) atoms. The molecule has 1 aliphatic carbocycles. The van der Waals surface area contributed by atoms with Gasteiger partial charge in [0.2, 0.25) is 11.6 Å².